The SMILES string of the molecule is c1nc2c(c(NCC3CCCN3)n1)CCCCC2. The number of hydrogen-bond donors (Lipinski definition) is 2. The molecule has 1 aliphatic carbocycles. The standard InChI is InChI=1S/C14H22N4/c1-2-6-12-13(7-3-1)17-10-18-14(12)16-9-11-5-4-8-15-11/h10-11,15H,1-9H2,(H,16,17,18). The molecule has 1 fully saturated rings. The molecule has 2 heterocycles. The van der Waals surface area contributed by atoms with E-state index in [9.17, 15) is 0 Å². The predicted octanol–water partition coefficient (Wildman–Crippen LogP) is 1.91. The van der Waals surface area contributed by atoms with Crippen molar-refractivity contribution in [1.82, 2.24) is 15.3 Å². The minimum atomic E-state index is 0.612. The van der Waals surface area contributed by atoms with Crippen molar-refractivity contribution < 1.29 is 0 Å². The van der Waals surface area contributed by atoms with Crippen molar-refractivity contribution in [3.8, 4) is 0 Å². The first-order chi connectivity index (χ1) is 8.93. The Labute approximate surface area is 109 Å². The van der Waals surface area contributed by atoms with Gasteiger partial charge in [-0.2, -0.15) is 0 Å². The first-order valence-corrected chi connectivity index (χ1v) is 7.23. The van der Waals surface area contributed by atoms with Crippen LogP contribution >= 0.6 is 0 Å². The number of aryl methyl sites for hydroxylation is 1. The average Bonchev–Trinajstić information content (AvgIpc) is 2.79. The number of nitrogens with one attached hydrogen (secondary N) is 2. The molecule has 98 valence electrons. The third-order valence-electron chi connectivity index (χ3n) is 4.05. The van der Waals surface area contributed by atoms with E-state index in [1.54, 1.807) is 6.33 Å². The van der Waals surface area contributed by atoms with Crippen molar-refractivity contribution in [2.75, 3.05) is 18.4 Å². The zero-order valence-electron chi connectivity index (χ0n) is 10.9. The van der Waals surface area contributed by atoms with E-state index in [0.717, 1.165) is 31.7 Å². The van der Waals surface area contributed by atoms with E-state index in [0.29, 0.717) is 6.04 Å². The molecule has 1 aromatic rings. The van der Waals surface area contributed by atoms with Crippen LogP contribution in [-0.4, -0.2) is 29.1 Å². The molecule has 3 rings (SSSR count). The van der Waals surface area contributed by atoms with E-state index in [2.05, 4.69) is 20.6 Å². The second kappa shape index (κ2) is 5.65. The molecule has 0 amide bonds. The molecule has 0 spiro atoms. The molecule has 0 saturated carbocycles. The number of aromatic nitrogens is 2. The summed E-state index contributed by atoms with van der Waals surface area (Å²) in [6, 6.07) is 0.612. The lowest BCUT2D eigenvalue weighted by atomic mass is 10.1. The average molecular weight is 246 g/mol. The molecular formula is C14H22N4. The molecule has 1 aromatic heterocycles. The zero-order chi connectivity index (χ0) is 12.2. The van der Waals surface area contributed by atoms with Gasteiger partial charge in [-0.25, -0.2) is 9.97 Å². The van der Waals surface area contributed by atoms with Crippen molar-refractivity contribution in [3.05, 3.63) is 17.6 Å². The topological polar surface area (TPSA) is 49.8 Å². The summed E-state index contributed by atoms with van der Waals surface area (Å²) in [5, 5.41) is 7.04. The molecule has 1 aliphatic heterocycles. The van der Waals surface area contributed by atoms with Gasteiger partial charge in [0.1, 0.15) is 12.1 Å². The van der Waals surface area contributed by atoms with Gasteiger partial charge in [0.25, 0.3) is 0 Å². The smallest absolute Gasteiger partial charge is 0.132 e. The Bertz CT molecular complexity index is 399. The quantitative estimate of drug-likeness (QED) is 0.800. The molecule has 1 atom stereocenters. The maximum absolute atomic E-state index is 4.45. The highest BCUT2D eigenvalue weighted by atomic mass is 15.1. The predicted molar refractivity (Wildman–Crippen MR) is 72.8 cm³/mol. The molecule has 1 unspecified atom stereocenters. The van der Waals surface area contributed by atoms with Gasteiger partial charge in [-0.3, -0.25) is 0 Å². The van der Waals surface area contributed by atoms with Crippen LogP contribution < -0.4 is 10.6 Å². The van der Waals surface area contributed by atoms with E-state index in [-0.39, 0.29) is 0 Å². The van der Waals surface area contributed by atoms with Gasteiger partial charge in [-0.05, 0) is 45.1 Å². The van der Waals surface area contributed by atoms with Crippen molar-refractivity contribution in [2.45, 2.75) is 51.0 Å². The molecule has 4 heteroatoms. The summed E-state index contributed by atoms with van der Waals surface area (Å²) in [6.07, 6.45) is 10.4. The Morgan fingerprint density at radius 3 is 3.00 bits per heavy atom. The normalized spacial score (nSPS) is 23.4. The molecule has 2 N–H and O–H groups in total. The first-order valence-electron chi connectivity index (χ1n) is 7.23. The fourth-order valence-corrected chi connectivity index (χ4v) is 3.00. The highest BCUT2D eigenvalue weighted by molar-refractivity contribution is 5.46. The molecule has 18 heavy (non-hydrogen) atoms. The van der Waals surface area contributed by atoms with Crippen LogP contribution in [0.2, 0.25) is 0 Å². The summed E-state index contributed by atoms with van der Waals surface area (Å²) in [5.74, 6) is 1.08. The molecule has 1 saturated heterocycles. The van der Waals surface area contributed by atoms with Crippen LogP contribution in [0, 0.1) is 0 Å². The first kappa shape index (κ1) is 11.9. The van der Waals surface area contributed by atoms with Crippen LogP contribution in [0.5, 0.6) is 0 Å². The van der Waals surface area contributed by atoms with E-state index in [1.165, 1.54) is 43.4 Å². The van der Waals surface area contributed by atoms with Gasteiger partial charge < -0.3 is 10.6 Å². The number of anilines is 1. The lowest BCUT2D eigenvalue weighted by Gasteiger charge is -2.15. The van der Waals surface area contributed by atoms with Gasteiger partial charge in [0, 0.05) is 23.8 Å². The van der Waals surface area contributed by atoms with Crippen molar-refractivity contribution in [2.24, 2.45) is 0 Å². The zero-order valence-corrected chi connectivity index (χ0v) is 10.9. The van der Waals surface area contributed by atoms with E-state index < -0.39 is 0 Å². The number of fused-ring (bicyclic) bond motifs is 1. The summed E-state index contributed by atoms with van der Waals surface area (Å²) < 4.78 is 0. The Kier molecular flexibility index (Phi) is 3.74. The second-order valence-corrected chi connectivity index (χ2v) is 5.38. The summed E-state index contributed by atoms with van der Waals surface area (Å²) in [5.41, 5.74) is 2.64. The van der Waals surface area contributed by atoms with Crippen LogP contribution in [0.15, 0.2) is 6.33 Å². The second-order valence-electron chi connectivity index (χ2n) is 5.38. The largest absolute Gasteiger partial charge is 0.368 e. The molecule has 0 aromatic carbocycles. The minimum absolute atomic E-state index is 0.612. The van der Waals surface area contributed by atoms with Crippen LogP contribution in [0.4, 0.5) is 5.82 Å². The lowest BCUT2D eigenvalue weighted by Crippen LogP contribution is -2.30. The summed E-state index contributed by atoms with van der Waals surface area (Å²) in [4.78, 5) is 8.90. The Balaban J connectivity index is 1.70. The third-order valence-corrected chi connectivity index (χ3v) is 4.05. The Hall–Kier alpha value is -1.16. The molecule has 0 radical (unpaired) electrons. The Morgan fingerprint density at radius 1 is 1.17 bits per heavy atom. The highest BCUT2D eigenvalue weighted by Crippen LogP contribution is 2.23. The van der Waals surface area contributed by atoms with Gasteiger partial charge >= 0.3 is 0 Å². The number of rotatable bonds is 3. The van der Waals surface area contributed by atoms with E-state index in [1.807, 2.05) is 0 Å². The van der Waals surface area contributed by atoms with Crippen molar-refractivity contribution >= 4 is 5.82 Å². The summed E-state index contributed by atoms with van der Waals surface area (Å²) in [7, 11) is 0. The summed E-state index contributed by atoms with van der Waals surface area (Å²) in [6.45, 7) is 2.15. The fourth-order valence-electron chi connectivity index (χ4n) is 3.00. The fraction of sp³-hybridized carbons (Fsp3) is 0.714. The van der Waals surface area contributed by atoms with Gasteiger partial charge in [0.05, 0.1) is 0 Å². The van der Waals surface area contributed by atoms with Crippen LogP contribution in [0.3, 0.4) is 0 Å². The van der Waals surface area contributed by atoms with Crippen molar-refractivity contribution in [1.29, 1.82) is 0 Å². The monoisotopic (exact) mass is 246 g/mol. The Morgan fingerprint density at radius 2 is 2.11 bits per heavy atom. The van der Waals surface area contributed by atoms with Crippen molar-refractivity contribution in [3.63, 3.8) is 0 Å². The van der Waals surface area contributed by atoms with E-state index in [4.69, 9.17) is 0 Å². The van der Waals surface area contributed by atoms with Crippen LogP contribution in [0.1, 0.15) is 43.4 Å². The van der Waals surface area contributed by atoms with E-state index >= 15 is 0 Å². The third kappa shape index (κ3) is 2.64. The number of hydrogen-bond acceptors (Lipinski definition) is 4. The maximum atomic E-state index is 4.45. The van der Waals surface area contributed by atoms with Gasteiger partial charge in [-0.1, -0.05) is 6.42 Å². The van der Waals surface area contributed by atoms with Gasteiger partial charge in [0.15, 0.2) is 0 Å². The van der Waals surface area contributed by atoms with Gasteiger partial charge in [0.2, 0.25) is 0 Å². The molecule has 2 aliphatic rings. The maximum Gasteiger partial charge on any atom is 0.132 e. The molecule has 4 nitrogen and oxygen atoms in total. The highest BCUT2D eigenvalue weighted by Gasteiger charge is 2.17. The minimum Gasteiger partial charge on any atom is -0.368 e. The van der Waals surface area contributed by atoms with Crippen LogP contribution in [-0.2, 0) is 12.8 Å². The van der Waals surface area contributed by atoms with Crippen LogP contribution in [0.25, 0.3) is 0 Å². The lowest BCUT2D eigenvalue weighted by molar-refractivity contribution is 0.631. The molecule has 0 bridgehead atoms. The van der Waals surface area contributed by atoms with Gasteiger partial charge in [-0.15, -0.1) is 0 Å². The summed E-state index contributed by atoms with van der Waals surface area (Å²) >= 11 is 0. The molecular weight excluding hydrogens is 224 g/mol. The number of nitrogens with zero attached hydrogens (tertiary/aromatic N) is 2.